The number of esters is 1. The van der Waals surface area contributed by atoms with Crippen molar-refractivity contribution >= 4 is 57.7 Å². The van der Waals surface area contributed by atoms with Crippen LogP contribution in [0.2, 0.25) is 0 Å². The number of amides is 2. The Bertz CT molecular complexity index is 973. The molecule has 30 heavy (non-hydrogen) atoms. The van der Waals surface area contributed by atoms with E-state index in [0.717, 1.165) is 16.2 Å². The molecule has 3 rings (SSSR count). The summed E-state index contributed by atoms with van der Waals surface area (Å²) in [7, 11) is 1.25. The minimum atomic E-state index is -1.32. The van der Waals surface area contributed by atoms with Crippen LogP contribution in [0.3, 0.4) is 0 Å². The van der Waals surface area contributed by atoms with Crippen LogP contribution in [0, 0.1) is 0 Å². The SMILES string of the molecule is CO/N=C(\C(=O)NC1C(=O)N2C(C(=O)O)=C(COC(C)=O)CSC12)c1csc(N)n1. The standard InChI is InChI=1S/C16H17N5O7S2/c1-6(22)28-3-7-4-29-14-10(13(24)21(14)11(7)15(25)26)19-12(23)9(20-27-2)8-5-30-16(17)18-8/h5,10,14H,3-4H2,1-2H3,(H2,17,18)(H,19,23)(H,25,26)/b20-9-. The Hall–Kier alpha value is -3.13. The zero-order valence-corrected chi connectivity index (χ0v) is 17.4. The molecule has 0 radical (unpaired) electrons. The molecule has 3 heterocycles. The largest absolute Gasteiger partial charge is 0.477 e. The van der Waals surface area contributed by atoms with E-state index in [1.807, 2.05) is 0 Å². The number of fused-ring (bicyclic) bond motifs is 1. The Morgan fingerprint density at radius 2 is 2.20 bits per heavy atom. The van der Waals surface area contributed by atoms with E-state index in [2.05, 4.69) is 20.3 Å². The fourth-order valence-electron chi connectivity index (χ4n) is 2.88. The van der Waals surface area contributed by atoms with Crippen molar-refractivity contribution in [3.8, 4) is 0 Å². The van der Waals surface area contributed by atoms with Crippen molar-refractivity contribution in [1.29, 1.82) is 0 Å². The zero-order chi connectivity index (χ0) is 22.0. The van der Waals surface area contributed by atoms with Crippen molar-refractivity contribution < 1.29 is 33.9 Å². The van der Waals surface area contributed by atoms with Crippen LogP contribution in [0.5, 0.6) is 0 Å². The number of hydrogen-bond donors (Lipinski definition) is 3. The molecule has 14 heteroatoms. The number of nitrogens with zero attached hydrogens (tertiary/aromatic N) is 3. The van der Waals surface area contributed by atoms with Crippen LogP contribution >= 0.6 is 23.1 Å². The molecule has 2 unspecified atom stereocenters. The van der Waals surface area contributed by atoms with Crippen LogP contribution in [0.15, 0.2) is 21.8 Å². The summed E-state index contributed by atoms with van der Waals surface area (Å²) in [5.74, 6) is -2.98. The van der Waals surface area contributed by atoms with Crippen molar-refractivity contribution in [1.82, 2.24) is 15.2 Å². The summed E-state index contributed by atoms with van der Waals surface area (Å²) in [4.78, 5) is 57.8. The van der Waals surface area contributed by atoms with Gasteiger partial charge in [-0.25, -0.2) is 9.78 Å². The molecule has 0 bridgehead atoms. The second-order valence-corrected chi connectivity index (χ2v) is 8.09. The lowest BCUT2D eigenvalue weighted by Gasteiger charge is -2.49. The lowest BCUT2D eigenvalue weighted by atomic mass is 10.0. The van der Waals surface area contributed by atoms with E-state index in [9.17, 15) is 24.3 Å². The molecule has 0 spiro atoms. The minimum absolute atomic E-state index is 0.165. The van der Waals surface area contributed by atoms with E-state index >= 15 is 0 Å². The fraction of sp³-hybridized carbons (Fsp3) is 0.375. The van der Waals surface area contributed by atoms with E-state index in [-0.39, 0.29) is 34.6 Å². The molecule has 1 saturated heterocycles. The molecular weight excluding hydrogens is 438 g/mol. The van der Waals surface area contributed by atoms with Gasteiger partial charge >= 0.3 is 11.9 Å². The first-order valence-electron chi connectivity index (χ1n) is 8.41. The molecule has 2 amide bonds. The number of ether oxygens (including phenoxy) is 1. The quantitative estimate of drug-likeness (QED) is 0.208. The summed E-state index contributed by atoms with van der Waals surface area (Å²) < 4.78 is 4.88. The highest BCUT2D eigenvalue weighted by Gasteiger charge is 2.54. The summed E-state index contributed by atoms with van der Waals surface area (Å²) in [6.07, 6.45) is 0. The van der Waals surface area contributed by atoms with Crippen molar-refractivity contribution in [2.45, 2.75) is 18.3 Å². The van der Waals surface area contributed by atoms with Crippen molar-refractivity contribution in [2.75, 3.05) is 25.2 Å². The zero-order valence-electron chi connectivity index (χ0n) is 15.8. The highest BCUT2D eigenvalue weighted by molar-refractivity contribution is 8.00. The average Bonchev–Trinajstić information content (AvgIpc) is 3.13. The molecule has 4 N–H and O–H groups in total. The molecule has 0 aromatic carbocycles. The molecule has 160 valence electrons. The summed E-state index contributed by atoms with van der Waals surface area (Å²) in [5, 5.41) is 16.9. The number of hydrogen-bond acceptors (Lipinski definition) is 11. The van der Waals surface area contributed by atoms with Crippen LogP contribution < -0.4 is 11.1 Å². The second kappa shape index (κ2) is 8.71. The molecule has 0 aliphatic carbocycles. The molecule has 1 aromatic rings. The van der Waals surface area contributed by atoms with E-state index in [0.29, 0.717) is 5.57 Å². The maximum absolute atomic E-state index is 12.7. The first-order chi connectivity index (χ1) is 14.2. The first-order valence-corrected chi connectivity index (χ1v) is 10.3. The summed E-state index contributed by atoms with van der Waals surface area (Å²) in [6.45, 7) is 0.975. The van der Waals surface area contributed by atoms with Gasteiger partial charge in [0.2, 0.25) is 0 Å². The van der Waals surface area contributed by atoms with E-state index in [1.165, 1.54) is 31.2 Å². The number of β-lactam (4-membered cyclic amide) rings is 1. The van der Waals surface area contributed by atoms with Crippen LogP contribution in [0.4, 0.5) is 5.13 Å². The number of carbonyl (C=O) groups excluding carboxylic acids is 3. The fourth-order valence-corrected chi connectivity index (χ4v) is 4.76. The normalized spacial score (nSPS) is 20.9. The number of carboxylic acids is 1. The number of rotatable bonds is 7. The molecule has 2 aliphatic rings. The molecule has 12 nitrogen and oxygen atoms in total. The smallest absolute Gasteiger partial charge is 0.352 e. The van der Waals surface area contributed by atoms with Crippen molar-refractivity contribution in [2.24, 2.45) is 5.16 Å². The van der Waals surface area contributed by atoms with Crippen molar-refractivity contribution in [3.63, 3.8) is 0 Å². The maximum Gasteiger partial charge on any atom is 0.352 e. The Morgan fingerprint density at radius 3 is 2.77 bits per heavy atom. The number of anilines is 1. The van der Waals surface area contributed by atoms with Gasteiger partial charge in [-0.15, -0.1) is 23.1 Å². The Kier molecular flexibility index (Phi) is 6.26. The summed E-state index contributed by atoms with van der Waals surface area (Å²) in [5.41, 5.74) is 5.67. The van der Waals surface area contributed by atoms with Crippen LogP contribution in [0.1, 0.15) is 12.6 Å². The Labute approximate surface area is 178 Å². The number of nitrogens with two attached hydrogens (primary N) is 1. The molecule has 1 fully saturated rings. The van der Waals surface area contributed by atoms with Crippen LogP contribution in [0.25, 0.3) is 0 Å². The molecular formula is C16H17N5O7S2. The molecule has 2 aliphatic heterocycles. The van der Waals surface area contributed by atoms with Crippen LogP contribution in [-0.4, -0.2) is 75.3 Å². The number of aliphatic carboxylic acids is 1. The number of carboxylic acid groups (broad SMARTS) is 1. The van der Waals surface area contributed by atoms with E-state index in [4.69, 9.17) is 10.5 Å². The van der Waals surface area contributed by atoms with Gasteiger partial charge in [0.25, 0.3) is 11.8 Å². The molecule has 1 aromatic heterocycles. The van der Waals surface area contributed by atoms with E-state index in [1.54, 1.807) is 0 Å². The third-order valence-electron chi connectivity index (χ3n) is 4.15. The topological polar surface area (TPSA) is 174 Å². The van der Waals surface area contributed by atoms with Gasteiger partial charge in [-0.2, -0.15) is 0 Å². The van der Waals surface area contributed by atoms with Gasteiger partial charge in [-0.1, -0.05) is 5.16 Å². The van der Waals surface area contributed by atoms with Gasteiger partial charge in [-0.05, 0) is 0 Å². The number of carbonyl (C=O) groups is 4. The molecule has 0 saturated carbocycles. The number of nitrogen functional groups attached to an aromatic ring is 1. The third kappa shape index (κ3) is 4.09. The maximum atomic E-state index is 12.7. The lowest BCUT2D eigenvalue weighted by molar-refractivity contribution is -0.150. The third-order valence-corrected chi connectivity index (χ3v) is 6.16. The average molecular weight is 455 g/mol. The number of nitrogens with one attached hydrogen (secondary N) is 1. The number of thioether (sulfide) groups is 1. The van der Waals surface area contributed by atoms with Gasteiger partial charge in [0.15, 0.2) is 10.8 Å². The number of aromatic nitrogens is 1. The Morgan fingerprint density at radius 1 is 1.47 bits per heavy atom. The highest BCUT2D eigenvalue weighted by Crippen LogP contribution is 2.40. The van der Waals surface area contributed by atoms with Gasteiger partial charge in [0, 0.05) is 23.6 Å². The summed E-state index contributed by atoms with van der Waals surface area (Å²) in [6, 6.07) is -0.967. The lowest BCUT2D eigenvalue weighted by Crippen LogP contribution is -2.71. The van der Waals surface area contributed by atoms with Crippen molar-refractivity contribution in [3.05, 3.63) is 22.3 Å². The second-order valence-electron chi connectivity index (χ2n) is 6.09. The number of oxime groups is 1. The van der Waals surface area contributed by atoms with Gasteiger partial charge in [-0.3, -0.25) is 19.3 Å². The van der Waals surface area contributed by atoms with Crippen LogP contribution in [-0.2, 0) is 28.8 Å². The summed E-state index contributed by atoms with van der Waals surface area (Å²) >= 11 is 2.35. The Balaban J connectivity index is 1.77. The van der Waals surface area contributed by atoms with E-state index < -0.39 is 35.2 Å². The predicted molar refractivity (Wildman–Crippen MR) is 106 cm³/mol. The molecule has 2 atom stereocenters. The highest BCUT2D eigenvalue weighted by atomic mass is 32.2. The van der Waals surface area contributed by atoms with Gasteiger partial charge in [0.05, 0.1) is 0 Å². The first kappa shape index (κ1) is 21.6. The predicted octanol–water partition coefficient (Wildman–Crippen LogP) is -0.622. The monoisotopic (exact) mass is 455 g/mol. The van der Waals surface area contributed by atoms with Gasteiger partial charge in [0.1, 0.15) is 36.5 Å². The number of thiazole rings is 1. The van der Waals surface area contributed by atoms with Gasteiger partial charge < -0.3 is 25.7 Å². The minimum Gasteiger partial charge on any atom is -0.477 e.